The Bertz CT molecular complexity index is 1340. The highest BCUT2D eigenvalue weighted by atomic mass is 32.2. The fourth-order valence-electron chi connectivity index (χ4n) is 4.56. The topological polar surface area (TPSA) is 89.5 Å². The third kappa shape index (κ3) is 6.21. The van der Waals surface area contributed by atoms with Crippen molar-refractivity contribution < 1.29 is 22.7 Å². The van der Waals surface area contributed by atoms with E-state index < -0.39 is 16.0 Å². The zero-order valence-electron chi connectivity index (χ0n) is 20.6. The van der Waals surface area contributed by atoms with Crippen molar-refractivity contribution in [2.24, 2.45) is 0 Å². The summed E-state index contributed by atoms with van der Waals surface area (Å²) in [5.74, 6) is -0.350. The van der Waals surface area contributed by atoms with Crippen LogP contribution in [0, 0.1) is 13.8 Å². The summed E-state index contributed by atoms with van der Waals surface area (Å²) < 4.78 is 33.3. The number of sulfonamides is 1. The minimum Gasteiger partial charge on any atom is -0.454 e. The van der Waals surface area contributed by atoms with Crippen LogP contribution >= 0.6 is 0 Å². The predicted octanol–water partition coefficient (Wildman–Crippen LogP) is 6.19. The van der Waals surface area contributed by atoms with Crippen LogP contribution in [-0.2, 0) is 14.8 Å². The molecule has 1 saturated carbocycles. The van der Waals surface area contributed by atoms with E-state index in [1.54, 1.807) is 31.2 Å². The molecule has 6 nitrogen and oxygen atoms in total. The van der Waals surface area contributed by atoms with Crippen molar-refractivity contribution >= 4 is 27.5 Å². The second-order valence-corrected chi connectivity index (χ2v) is 11.1. The monoisotopic (exact) mass is 505 g/mol. The number of hydrogen-bond acceptors (Lipinski definition) is 5. The van der Waals surface area contributed by atoms with Gasteiger partial charge in [0.2, 0.25) is 0 Å². The van der Waals surface area contributed by atoms with Crippen LogP contribution in [0.4, 0.5) is 5.69 Å². The molecule has 3 aromatic rings. The molecular weight excluding hydrogens is 474 g/mol. The molecule has 0 atom stereocenters. The normalized spacial score (nSPS) is 14.3. The number of carbonyl (C=O) groups excluding carboxylic acids is 2. The number of benzene rings is 3. The minimum absolute atomic E-state index is 0.205. The number of rotatable bonds is 8. The average Bonchev–Trinajstić information content (AvgIpc) is 2.89. The minimum atomic E-state index is -3.77. The van der Waals surface area contributed by atoms with Crippen molar-refractivity contribution in [3.8, 4) is 0 Å². The lowest BCUT2D eigenvalue weighted by atomic mass is 9.84. The molecule has 1 aliphatic rings. The van der Waals surface area contributed by atoms with Crippen LogP contribution in [0.3, 0.4) is 0 Å². The maximum absolute atomic E-state index is 12.8. The van der Waals surface area contributed by atoms with E-state index in [1.165, 1.54) is 61.9 Å². The van der Waals surface area contributed by atoms with E-state index in [4.69, 9.17) is 4.74 Å². The van der Waals surface area contributed by atoms with Gasteiger partial charge in [-0.2, -0.15) is 0 Å². The molecule has 36 heavy (non-hydrogen) atoms. The highest BCUT2D eigenvalue weighted by Crippen LogP contribution is 2.32. The maximum atomic E-state index is 12.8. The van der Waals surface area contributed by atoms with Crippen LogP contribution < -0.4 is 4.72 Å². The fraction of sp³-hybridized carbons (Fsp3) is 0.310. The summed E-state index contributed by atoms with van der Waals surface area (Å²) in [6.45, 7) is 3.21. The van der Waals surface area contributed by atoms with E-state index in [0.29, 0.717) is 22.7 Å². The van der Waals surface area contributed by atoms with Crippen molar-refractivity contribution in [1.29, 1.82) is 0 Å². The maximum Gasteiger partial charge on any atom is 0.338 e. The van der Waals surface area contributed by atoms with E-state index in [9.17, 15) is 18.0 Å². The van der Waals surface area contributed by atoms with Gasteiger partial charge in [0.1, 0.15) is 0 Å². The van der Waals surface area contributed by atoms with Crippen LogP contribution in [0.5, 0.6) is 0 Å². The van der Waals surface area contributed by atoms with Crippen molar-refractivity contribution in [3.63, 3.8) is 0 Å². The third-order valence-corrected chi connectivity index (χ3v) is 8.17. The number of anilines is 1. The van der Waals surface area contributed by atoms with Crippen molar-refractivity contribution in [3.05, 3.63) is 94.5 Å². The van der Waals surface area contributed by atoms with Crippen LogP contribution in [0.2, 0.25) is 0 Å². The van der Waals surface area contributed by atoms with Crippen LogP contribution in [0.1, 0.15) is 75.4 Å². The Kier molecular flexibility index (Phi) is 7.89. The van der Waals surface area contributed by atoms with E-state index in [1.807, 2.05) is 25.1 Å². The summed E-state index contributed by atoms with van der Waals surface area (Å²) in [4.78, 5) is 25.1. The van der Waals surface area contributed by atoms with Crippen molar-refractivity contribution in [2.45, 2.75) is 56.8 Å². The van der Waals surface area contributed by atoms with E-state index >= 15 is 0 Å². The summed E-state index contributed by atoms with van der Waals surface area (Å²) in [6.07, 6.45) is 6.18. The Morgan fingerprint density at radius 2 is 1.50 bits per heavy atom. The molecule has 1 N–H and O–H groups in total. The Balaban J connectivity index is 1.33. The average molecular weight is 506 g/mol. The van der Waals surface area contributed by atoms with Gasteiger partial charge in [-0.05, 0) is 79.6 Å². The van der Waals surface area contributed by atoms with Gasteiger partial charge in [0.15, 0.2) is 12.4 Å². The lowest BCUT2D eigenvalue weighted by Crippen LogP contribution is -2.16. The number of aryl methyl sites for hydroxylation is 2. The molecule has 0 aliphatic heterocycles. The summed E-state index contributed by atoms with van der Waals surface area (Å²) in [7, 11) is -3.77. The van der Waals surface area contributed by atoms with Crippen LogP contribution in [0.25, 0.3) is 0 Å². The second kappa shape index (κ2) is 11.1. The van der Waals surface area contributed by atoms with Gasteiger partial charge in [-0.3, -0.25) is 9.52 Å². The van der Waals surface area contributed by atoms with E-state index in [0.717, 1.165) is 5.56 Å². The quantitative estimate of drug-likeness (QED) is 0.291. The SMILES string of the molecule is Cc1ccc(C)c(S(=O)(=O)Nc2ccc(C(=O)OCC(=O)c3ccc(C4CCCCC4)cc3)cc2)c1. The van der Waals surface area contributed by atoms with Gasteiger partial charge >= 0.3 is 5.97 Å². The van der Waals surface area contributed by atoms with Gasteiger partial charge in [-0.15, -0.1) is 0 Å². The summed E-state index contributed by atoms with van der Waals surface area (Å²) in [6, 6.07) is 18.8. The first kappa shape index (κ1) is 25.6. The molecule has 0 aromatic heterocycles. The first-order chi connectivity index (χ1) is 17.2. The number of ketones is 1. The van der Waals surface area contributed by atoms with Gasteiger partial charge in [-0.25, -0.2) is 13.2 Å². The highest BCUT2D eigenvalue weighted by molar-refractivity contribution is 7.92. The Labute approximate surface area is 212 Å². The fourth-order valence-corrected chi connectivity index (χ4v) is 5.95. The molecule has 1 fully saturated rings. The lowest BCUT2D eigenvalue weighted by molar-refractivity contribution is 0.0475. The number of Topliss-reactive ketones (excluding diaryl/α,β-unsaturated/α-hetero) is 1. The lowest BCUT2D eigenvalue weighted by Gasteiger charge is -2.22. The molecule has 1 aliphatic carbocycles. The van der Waals surface area contributed by atoms with E-state index in [-0.39, 0.29) is 22.8 Å². The number of ether oxygens (including phenoxy) is 1. The number of esters is 1. The number of hydrogen-bond donors (Lipinski definition) is 1. The molecular formula is C29H31NO5S. The smallest absolute Gasteiger partial charge is 0.338 e. The standard InChI is InChI=1S/C29H31NO5S/c1-20-8-9-21(2)28(18-20)36(33,34)30-26-16-14-25(15-17-26)29(32)35-19-27(31)24-12-10-23(11-13-24)22-6-4-3-5-7-22/h8-18,22,30H,3-7,19H2,1-2H3. The molecule has 0 bridgehead atoms. The first-order valence-electron chi connectivity index (χ1n) is 12.2. The molecule has 4 rings (SSSR count). The molecule has 0 amide bonds. The molecule has 0 heterocycles. The van der Waals surface area contributed by atoms with Gasteiger partial charge < -0.3 is 4.74 Å². The first-order valence-corrected chi connectivity index (χ1v) is 13.7. The van der Waals surface area contributed by atoms with Crippen LogP contribution in [0.15, 0.2) is 71.6 Å². The van der Waals surface area contributed by atoms with Gasteiger partial charge in [0, 0.05) is 11.3 Å². The van der Waals surface area contributed by atoms with Crippen LogP contribution in [-0.4, -0.2) is 26.8 Å². The zero-order valence-corrected chi connectivity index (χ0v) is 21.4. The molecule has 0 unspecified atom stereocenters. The number of carbonyl (C=O) groups is 2. The molecule has 0 spiro atoms. The van der Waals surface area contributed by atoms with Gasteiger partial charge in [0.25, 0.3) is 10.0 Å². The van der Waals surface area contributed by atoms with Gasteiger partial charge in [-0.1, -0.05) is 55.7 Å². The zero-order chi connectivity index (χ0) is 25.7. The summed E-state index contributed by atoms with van der Waals surface area (Å²) in [5.41, 5.74) is 3.80. The van der Waals surface area contributed by atoms with Crippen molar-refractivity contribution in [1.82, 2.24) is 0 Å². The highest BCUT2D eigenvalue weighted by Gasteiger charge is 2.19. The summed E-state index contributed by atoms with van der Waals surface area (Å²) in [5, 5.41) is 0. The molecule has 0 radical (unpaired) electrons. The third-order valence-electron chi connectivity index (χ3n) is 6.65. The number of nitrogens with one attached hydrogen (secondary N) is 1. The Morgan fingerprint density at radius 3 is 2.17 bits per heavy atom. The molecule has 188 valence electrons. The molecule has 0 saturated heterocycles. The Morgan fingerprint density at radius 1 is 0.861 bits per heavy atom. The second-order valence-electron chi connectivity index (χ2n) is 9.41. The molecule has 3 aromatic carbocycles. The molecule has 7 heteroatoms. The Hall–Kier alpha value is -3.45. The predicted molar refractivity (Wildman–Crippen MR) is 140 cm³/mol. The largest absolute Gasteiger partial charge is 0.454 e. The van der Waals surface area contributed by atoms with E-state index in [2.05, 4.69) is 4.72 Å². The van der Waals surface area contributed by atoms with Gasteiger partial charge in [0.05, 0.1) is 10.5 Å². The van der Waals surface area contributed by atoms with Crippen molar-refractivity contribution in [2.75, 3.05) is 11.3 Å². The summed E-state index contributed by atoms with van der Waals surface area (Å²) >= 11 is 0.